The van der Waals surface area contributed by atoms with Crippen molar-refractivity contribution in [3.05, 3.63) is 27.7 Å². The van der Waals surface area contributed by atoms with Crippen molar-refractivity contribution in [2.45, 2.75) is 32.6 Å². The van der Waals surface area contributed by atoms with Gasteiger partial charge in [-0.1, -0.05) is 28.8 Å². The highest BCUT2D eigenvalue weighted by Gasteiger charge is 2.26. The third-order valence-electron chi connectivity index (χ3n) is 3.47. The van der Waals surface area contributed by atoms with Gasteiger partial charge in [0.2, 0.25) is 0 Å². The maximum Gasteiger partial charge on any atom is 0.169 e. The molecule has 0 heterocycles. The van der Waals surface area contributed by atoms with Gasteiger partial charge in [0.25, 0.3) is 0 Å². The number of Topliss-reactive ketones (excluding diaryl/α,β-unsaturated/α-hetero) is 1. The molecule has 0 aliphatic heterocycles. The van der Waals surface area contributed by atoms with Crippen LogP contribution in [0.25, 0.3) is 0 Å². The van der Waals surface area contributed by atoms with Crippen LogP contribution in [0, 0.1) is 12.8 Å². The summed E-state index contributed by atoms with van der Waals surface area (Å²) in [6.07, 6.45) is 4.39. The van der Waals surface area contributed by atoms with Gasteiger partial charge >= 0.3 is 0 Å². The van der Waals surface area contributed by atoms with Crippen molar-refractivity contribution in [2.75, 3.05) is 7.11 Å². The normalized spacial score (nSPS) is 16.2. The van der Waals surface area contributed by atoms with E-state index < -0.39 is 0 Å². The fourth-order valence-corrected chi connectivity index (χ4v) is 2.77. The zero-order chi connectivity index (χ0) is 12.4. The molecule has 1 fully saturated rings. The van der Waals surface area contributed by atoms with E-state index in [0.717, 1.165) is 28.4 Å². The number of carbonyl (C=O) groups excluding carboxylic acids is 1. The number of benzene rings is 1. The summed E-state index contributed by atoms with van der Waals surface area (Å²) < 4.78 is 6.29. The molecule has 1 aromatic rings. The van der Waals surface area contributed by atoms with Gasteiger partial charge in [-0.15, -0.1) is 0 Å². The molecule has 3 heteroatoms. The minimum Gasteiger partial charge on any atom is -0.496 e. The quantitative estimate of drug-likeness (QED) is 0.784. The molecule has 2 nitrogen and oxygen atoms in total. The minimum atomic E-state index is 0.193. The molecule has 0 atom stereocenters. The highest BCUT2D eigenvalue weighted by atomic mass is 79.9. The Hall–Kier alpha value is -0.830. The number of ether oxygens (including phenoxy) is 1. The molecule has 0 saturated heterocycles. The van der Waals surface area contributed by atoms with Gasteiger partial charge in [0.05, 0.1) is 12.7 Å². The van der Waals surface area contributed by atoms with E-state index in [1.165, 1.54) is 12.8 Å². The number of hydrogen-bond acceptors (Lipinski definition) is 2. The van der Waals surface area contributed by atoms with Crippen molar-refractivity contribution in [2.24, 2.45) is 5.92 Å². The van der Waals surface area contributed by atoms with Crippen molar-refractivity contribution in [1.82, 2.24) is 0 Å². The van der Waals surface area contributed by atoms with E-state index >= 15 is 0 Å². The van der Waals surface area contributed by atoms with Crippen LogP contribution >= 0.6 is 15.9 Å². The van der Waals surface area contributed by atoms with Crippen LogP contribution in [-0.2, 0) is 0 Å². The largest absolute Gasteiger partial charge is 0.496 e. The summed E-state index contributed by atoms with van der Waals surface area (Å²) in [5, 5.41) is 0. The van der Waals surface area contributed by atoms with Crippen LogP contribution in [0.3, 0.4) is 0 Å². The molecule has 92 valence electrons. The maximum absolute atomic E-state index is 12.4. The first-order valence-corrected chi connectivity index (χ1v) is 6.81. The van der Waals surface area contributed by atoms with Gasteiger partial charge in [0.15, 0.2) is 5.78 Å². The van der Waals surface area contributed by atoms with E-state index in [9.17, 15) is 4.79 Å². The molecule has 0 aromatic heterocycles. The Bertz CT molecular complexity index is 434. The zero-order valence-electron chi connectivity index (χ0n) is 10.3. The van der Waals surface area contributed by atoms with Crippen molar-refractivity contribution in [1.29, 1.82) is 0 Å². The second kappa shape index (κ2) is 5.21. The first kappa shape index (κ1) is 12.6. The Balaban J connectivity index is 2.36. The first-order chi connectivity index (χ1) is 8.13. The smallest absolute Gasteiger partial charge is 0.169 e. The monoisotopic (exact) mass is 296 g/mol. The summed E-state index contributed by atoms with van der Waals surface area (Å²) >= 11 is 3.48. The molecule has 0 radical (unpaired) electrons. The second-order valence-electron chi connectivity index (χ2n) is 4.65. The number of hydrogen-bond donors (Lipinski definition) is 0. The topological polar surface area (TPSA) is 26.3 Å². The van der Waals surface area contributed by atoms with E-state index in [2.05, 4.69) is 15.9 Å². The summed E-state index contributed by atoms with van der Waals surface area (Å²) in [6.45, 7) is 2.00. The summed E-state index contributed by atoms with van der Waals surface area (Å²) in [4.78, 5) is 12.4. The summed E-state index contributed by atoms with van der Waals surface area (Å²) in [7, 11) is 1.62. The molecule has 1 aliphatic carbocycles. The Morgan fingerprint density at radius 1 is 1.35 bits per heavy atom. The van der Waals surface area contributed by atoms with Crippen molar-refractivity contribution < 1.29 is 9.53 Å². The van der Waals surface area contributed by atoms with Crippen LogP contribution in [0.4, 0.5) is 0 Å². The van der Waals surface area contributed by atoms with Crippen molar-refractivity contribution >= 4 is 21.7 Å². The summed E-state index contributed by atoms with van der Waals surface area (Å²) in [5.41, 5.74) is 1.81. The van der Waals surface area contributed by atoms with Crippen molar-refractivity contribution in [3.8, 4) is 5.75 Å². The first-order valence-electron chi connectivity index (χ1n) is 6.02. The fourth-order valence-electron chi connectivity index (χ4n) is 2.42. The molecule has 0 amide bonds. The molecule has 1 saturated carbocycles. The van der Waals surface area contributed by atoms with Gasteiger partial charge < -0.3 is 4.74 Å². The average molecular weight is 297 g/mol. The lowest BCUT2D eigenvalue weighted by molar-refractivity contribution is 0.0919. The predicted molar refractivity (Wildman–Crippen MR) is 71.7 cm³/mol. The standard InChI is InChI=1S/C14H17BrO2/c1-9-7-13(17-2)11(8-12(9)15)14(16)10-5-3-4-6-10/h7-8,10H,3-6H2,1-2H3. The predicted octanol–water partition coefficient (Wildman–Crippen LogP) is 4.14. The number of carbonyl (C=O) groups is 1. The molecular weight excluding hydrogens is 280 g/mol. The number of ketones is 1. The second-order valence-corrected chi connectivity index (χ2v) is 5.50. The van der Waals surface area contributed by atoms with Crippen molar-refractivity contribution in [3.63, 3.8) is 0 Å². The third kappa shape index (κ3) is 2.54. The number of aryl methyl sites for hydroxylation is 1. The van der Waals surface area contributed by atoms with Crippen LogP contribution in [-0.4, -0.2) is 12.9 Å². The van der Waals surface area contributed by atoms with Gasteiger partial charge in [-0.3, -0.25) is 4.79 Å². The zero-order valence-corrected chi connectivity index (χ0v) is 11.8. The van der Waals surface area contributed by atoms with Gasteiger partial charge in [0, 0.05) is 10.4 Å². The van der Waals surface area contributed by atoms with E-state index in [1.807, 2.05) is 19.1 Å². The lowest BCUT2D eigenvalue weighted by atomic mass is 9.95. The Morgan fingerprint density at radius 3 is 2.59 bits per heavy atom. The SMILES string of the molecule is COc1cc(C)c(Br)cc1C(=O)C1CCCC1. The van der Waals surface area contributed by atoms with E-state index in [0.29, 0.717) is 5.75 Å². The lowest BCUT2D eigenvalue weighted by Crippen LogP contribution is -2.12. The van der Waals surface area contributed by atoms with Crippen LogP contribution in [0.5, 0.6) is 5.75 Å². The minimum absolute atomic E-state index is 0.193. The van der Waals surface area contributed by atoms with Gasteiger partial charge in [-0.05, 0) is 37.5 Å². The van der Waals surface area contributed by atoms with Crippen LogP contribution in [0.2, 0.25) is 0 Å². The third-order valence-corrected chi connectivity index (χ3v) is 4.33. The van der Waals surface area contributed by atoms with Gasteiger partial charge in [0.1, 0.15) is 5.75 Å². The Labute approximate surface area is 110 Å². The Morgan fingerprint density at radius 2 is 2.00 bits per heavy atom. The number of methoxy groups -OCH3 is 1. The summed E-state index contributed by atoms with van der Waals surface area (Å²) in [5.74, 6) is 1.13. The highest BCUT2D eigenvalue weighted by molar-refractivity contribution is 9.10. The molecule has 0 bridgehead atoms. The fraction of sp³-hybridized carbons (Fsp3) is 0.500. The average Bonchev–Trinajstić information content (AvgIpc) is 2.84. The molecule has 0 N–H and O–H groups in total. The van der Waals surface area contributed by atoms with E-state index in [-0.39, 0.29) is 11.7 Å². The van der Waals surface area contributed by atoms with Gasteiger partial charge in [-0.2, -0.15) is 0 Å². The number of rotatable bonds is 3. The Kier molecular flexibility index (Phi) is 3.87. The van der Waals surface area contributed by atoms with Gasteiger partial charge in [-0.25, -0.2) is 0 Å². The highest BCUT2D eigenvalue weighted by Crippen LogP contribution is 2.33. The molecule has 0 spiro atoms. The molecule has 17 heavy (non-hydrogen) atoms. The van der Waals surface area contributed by atoms with Crippen LogP contribution in [0.15, 0.2) is 16.6 Å². The van der Waals surface area contributed by atoms with E-state index in [1.54, 1.807) is 7.11 Å². The van der Waals surface area contributed by atoms with E-state index in [4.69, 9.17) is 4.74 Å². The molecule has 1 aliphatic rings. The lowest BCUT2D eigenvalue weighted by Gasteiger charge is -2.13. The summed E-state index contributed by atoms with van der Waals surface area (Å²) in [6, 6.07) is 3.82. The number of halogens is 1. The molecule has 2 rings (SSSR count). The maximum atomic E-state index is 12.4. The van der Waals surface area contributed by atoms with Crippen LogP contribution < -0.4 is 4.74 Å². The molecule has 1 aromatic carbocycles. The molecule has 0 unspecified atom stereocenters. The molecular formula is C14H17BrO2. The van der Waals surface area contributed by atoms with Crippen LogP contribution in [0.1, 0.15) is 41.6 Å².